The molecule has 3 aliphatic rings. The number of hydrogen-bond acceptors (Lipinski definition) is 5. The third-order valence-corrected chi connectivity index (χ3v) is 6.82. The highest BCUT2D eigenvalue weighted by atomic mass is 19.1. The van der Waals surface area contributed by atoms with Gasteiger partial charge in [0.15, 0.2) is 0 Å². The van der Waals surface area contributed by atoms with Gasteiger partial charge < -0.3 is 10.1 Å². The van der Waals surface area contributed by atoms with Crippen molar-refractivity contribution in [3.8, 4) is 5.75 Å². The van der Waals surface area contributed by atoms with Crippen molar-refractivity contribution in [2.24, 2.45) is 5.92 Å². The smallest absolute Gasteiger partial charge is 0.326 e. The van der Waals surface area contributed by atoms with Gasteiger partial charge in [0.05, 0.1) is 13.8 Å². The van der Waals surface area contributed by atoms with Crippen molar-refractivity contribution >= 4 is 11.9 Å². The van der Waals surface area contributed by atoms with Gasteiger partial charge in [-0.2, -0.15) is 0 Å². The monoisotopic (exact) mass is 418 g/mol. The second-order valence-electron chi connectivity index (χ2n) is 8.92. The maximum absolute atomic E-state index is 13.6. The lowest BCUT2D eigenvalue weighted by Gasteiger charge is -2.37. The van der Waals surface area contributed by atoms with E-state index in [1.165, 1.54) is 17.0 Å². The SMILES string of the molecule is COc1ccc(F)cc1CN1CCN(CN2C(=O)NC3(CCC(C)CC3)C2=O)CC1. The molecular formula is C22H31FN4O3. The summed E-state index contributed by atoms with van der Waals surface area (Å²) in [6.07, 6.45) is 3.42. The van der Waals surface area contributed by atoms with Crippen LogP contribution in [-0.2, 0) is 11.3 Å². The van der Waals surface area contributed by atoms with Crippen molar-refractivity contribution < 1.29 is 18.7 Å². The number of amides is 3. The minimum absolute atomic E-state index is 0.0636. The summed E-state index contributed by atoms with van der Waals surface area (Å²) in [7, 11) is 1.59. The average Bonchev–Trinajstić information content (AvgIpc) is 2.96. The number of nitrogens with one attached hydrogen (secondary N) is 1. The minimum Gasteiger partial charge on any atom is -0.496 e. The van der Waals surface area contributed by atoms with E-state index >= 15 is 0 Å². The first-order valence-corrected chi connectivity index (χ1v) is 10.8. The quantitative estimate of drug-likeness (QED) is 0.744. The van der Waals surface area contributed by atoms with Gasteiger partial charge in [0.1, 0.15) is 17.1 Å². The van der Waals surface area contributed by atoms with Gasteiger partial charge in [0.2, 0.25) is 0 Å². The van der Waals surface area contributed by atoms with Crippen LogP contribution >= 0.6 is 0 Å². The molecule has 2 saturated heterocycles. The van der Waals surface area contributed by atoms with E-state index in [1.54, 1.807) is 13.2 Å². The number of halogens is 1. The van der Waals surface area contributed by atoms with E-state index in [2.05, 4.69) is 22.0 Å². The van der Waals surface area contributed by atoms with Gasteiger partial charge >= 0.3 is 6.03 Å². The highest BCUT2D eigenvalue weighted by Gasteiger charge is 2.52. The molecule has 3 amide bonds. The summed E-state index contributed by atoms with van der Waals surface area (Å²) in [5.74, 6) is 0.963. The Morgan fingerprint density at radius 1 is 1.13 bits per heavy atom. The van der Waals surface area contributed by atoms with Gasteiger partial charge in [-0.3, -0.25) is 14.6 Å². The zero-order valence-electron chi connectivity index (χ0n) is 17.8. The summed E-state index contributed by atoms with van der Waals surface area (Å²) in [6, 6.07) is 4.31. The number of ether oxygens (including phenoxy) is 1. The Labute approximate surface area is 177 Å². The predicted octanol–water partition coefficient (Wildman–Crippen LogP) is 2.41. The van der Waals surface area contributed by atoms with Crippen LogP contribution in [0.3, 0.4) is 0 Å². The van der Waals surface area contributed by atoms with E-state index in [-0.39, 0.29) is 17.8 Å². The zero-order valence-corrected chi connectivity index (χ0v) is 17.8. The minimum atomic E-state index is -0.681. The molecule has 0 aromatic heterocycles. The van der Waals surface area contributed by atoms with E-state index in [1.807, 2.05) is 0 Å². The van der Waals surface area contributed by atoms with Gasteiger partial charge in [-0.1, -0.05) is 6.92 Å². The molecule has 0 unspecified atom stereocenters. The Bertz CT molecular complexity index is 802. The average molecular weight is 419 g/mol. The Morgan fingerprint density at radius 2 is 1.80 bits per heavy atom. The normalized spacial score (nSPS) is 28.2. The number of piperazine rings is 1. The number of urea groups is 1. The third-order valence-electron chi connectivity index (χ3n) is 6.82. The molecule has 30 heavy (non-hydrogen) atoms. The van der Waals surface area contributed by atoms with E-state index in [4.69, 9.17) is 4.74 Å². The summed E-state index contributed by atoms with van der Waals surface area (Å²) in [5, 5.41) is 2.99. The maximum atomic E-state index is 13.6. The molecule has 1 aromatic rings. The van der Waals surface area contributed by atoms with Crippen molar-refractivity contribution in [1.29, 1.82) is 0 Å². The number of carbonyl (C=O) groups is 2. The molecule has 164 valence electrons. The largest absolute Gasteiger partial charge is 0.496 e. The van der Waals surface area contributed by atoms with E-state index in [9.17, 15) is 14.0 Å². The number of rotatable bonds is 5. The Morgan fingerprint density at radius 3 is 2.47 bits per heavy atom. The van der Waals surface area contributed by atoms with Crippen LogP contribution in [0.2, 0.25) is 0 Å². The molecule has 0 radical (unpaired) electrons. The molecule has 3 fully saturated rings. The second-order valence-corrected chi connectivity index (χ2v) is 8.92. The summed E-state index contributed by atoms with van der Waals surface area (Å²) in [5.41, 5.74) is 0.146. The molecule has 0 atom stereocenters. The summed E-state index contributed by atoms with van der Waals surface area (Å²) >= 11 is 0. The molecule has 2 heterocycles. The fourth-order valence-corrected chi connectivity index (χ4v) is 4.80. The standard InChI is InChI=1S/C22H31FN4O3/c1-16-5-7-22(8-6-16)20(28)27(21(29)24-22)15-26-11-9-25(10-12-26)14-17-13-18(23)3-4-19(17)30-2/h3-4,13,16H,5-12,14-15H2,1-2H3,(H,24,29). The van der Waals surface area contributed by atoms with Crippen LogP contribution in [0.15, 0.2) is 18.2 Å². The van der Waals surface area contributed by atoms with Crippen LogP contribution in [0.5, 0.6) is 5.75 Å². The Kier molecular flexibility index (Phi) is 5.97. The van der Waals surface area contributed by atoms with Gasteiger partial charge in [-0.15, -0.1) is 0 Å². The molecule has 1 saturated carbocycles. The molecule has 1 N–H and O–H groups in total. The molecule has 0 bridgehead atoms. The fourth-order valence-electron chi connectivity index (χ4n) is 4.80. The maximum Gasteiger partial charge on any atom is 0.326 e. The van der Waals surface area contributed by atoms with Crippen molar-refractivity contribution in [3.05, 3.63) is 29.6 Å². The van der Waals surface area contributed by atoms with E-state index in [0.29, 0.717) is 24.9 Å². The van der Waals surface area contributed by atoms with Crippen molar-refractivity contribution in [3.63, 3.8) is 0 Å². The Balaban J connectivity index is 1.31. The summed E-state index contributed by atoms with van der Waals surface area (Å²) in [6.45, 7) is 6.21. The predicted molar refractivity (Wildman–Crippen MR) is 110 cm³/mol. The van der Waals surface area contributed by atoms with Crippen LogP contribution in [0.4, 0.5) is 9.18 Å². The first kappa shape index (κ1) is 21.1. The van der Waals surface area contributed by atoms with Crippen LogP contribution in [0.1, 0.15) is 38.2 Å². The van der Waals surface area contributed by atoms with Gasteiger partial charge in [-0.25, -0.2) is 14.1 Å². The van der Waals surface area contributed by atoms with Crippen LogP contribution in [0, 0.1) is 11.7 Å². The van der Waals surface area contributed by atoms with E-state index in [0.717, 1.165) is 57.4 Å². The molecule has 7 nitrogen and oxygen atoms in total. The first-order valence-electron chi connectivity index (χ1n) is 10.8. The van der Waals surface area contributed by atoms with Crippen LogP contribution in [-0.4, -0.2) is 72.1 Å². The number of imide groups is 1. The first-order chi connectivity index (χ1) is 14.4. The van der Waals surface area contributed by atoms with Crippen molar-refractivity contribution in [2.75, 3.05) is 40.0 Å². The zero-order chi connectivity index (χ0) is 21.3. The van der Waals surface area contributed by atoms with Crippen LogP contribution < -0.4 is 10.1 Å². The highest BCUT2D eigenvalue weighted by Crippen LogP contribution is 2.36. The molecule has 4 rings (SSSR count). The second kappa shape index (κ2) is 8.51. The number of carbonyl (C=O) groups excluding carboxylic acids is 2. The lowest BCUT2D eigenvalue weighted by Crippen LogP contribution is -2.52. The van der Waals surface area contributed by atoms with Crippen molar-refractivity contribution in [1.82, 2.24) is 20.0 Å². The van der Waals surface area contributed by atoms with E-state index < -0.39 is 5.54 Å². The number of nitrogens with zero attached hydrogens (tertiary/aromatic N) is 3. The molecule has 2 aliphatic heterocycles. The van der Waals surface area contributed by atoms with Gasteiger partial charge in [0, 0.05) is 38.3 Å². The third kappa shape index (κ3) is 4.16. The number of benzene rings is 1. The Hall–Kier alpha value is -2.19. The molecule has 1 aliphatic carbocycles. The van der Waals surface area contributed by atoms with Crippen molar-refractivity contribution in [2.45, 2.75) is 44.7 Å². The number of methoxy groups -OCH3 is 1. The summed E-state index contributed by atoms with van der Waals surface area (Å²) in [4.78, 5) is 31.3. The molecule has 1 aromatic carbocycles. The summed E-state index contributed by atoms with van der Waals surface area (Å²) < 4.78 is 19.0. The fraction of sp³-hybridized carbons (Fsp3) is 0.636. The number of hydrogen-bond donors (Lipinski definition) is 1. The van der Waals surface area contributed by atoms with Gasteiger partial charge in [0.25, 0.3) is 5.91 Å². The lowest BCUT2D eigenvalue weighted by molar-refractivity contribution is -0.134. The molecule has 8 heteroatoms. The molecule has 1 spiro atoms. The lowest BCUT2D eigenvalue weighted by atomic mass is 9.77. The van der Waals surface area contributed by atoms with Gasteiger partial charge in [-0.05, 0) is 49.8 Å². The highest BCUT2D eigenvalue weighted by molar-refractivity contribution is 6.07. The van der Waals surface area contributed by atoms with Crippen LogP contribution in [0.25, 0.3) is 0 Å². The topological polar surface area (TPSA) is 65.1 Å². The molecular weight excluding hydrogens is 387 g/mol.